The molecule has 30 heavy (non-hydrogen) atoms. The molecule has 0 bridgehead atoms. The van der Waals surface area contributed by atoms with Crippen molar-refractivity contribution >= 4 is 28.0 Å². The number of nitrogens with zero attached hydrogens (tertiary/aromatic N) is 3. The molecule has 0 atom stereocenters. The van der Waals surface area contributed by atoms with Crippen LogP contribution in [-0.2, 0) is 17.5 Å². The lowest BCUT2D eigenvalue weighted by Crippen LogP contribution is -2.32. The first kappa shape index (κ1) is 19.8. The standard InChI is InChI=1S/C19H12F4N4O2S/c20-12-5-3-11(4-6-12)15-16(27-8-9-30-18(27)25-15)24-14(28)10-26-7-1-2-13(17(26)29)19(21,22)23/h1-9H,10H2,(H,24,28). The summed E-state index contributed by atoms with van der Waals surface area (Å²) < 4.78 is 54.3. The SMILES string of the molecule is O=C(Cn1cccc(C(F)(F)F)c1=O)Nc1c(-c2ccc(F)cc2)nc2sccn12. The molecule has 4 aromatic rings. The zero-order chi connectivity index (χ0) is 21.5. The van der Waals surface area contributed by atoms with Crippen LogP contribution in [0.3, 0.4) is 0 Å². The minimum atomic E-state index is -4.82. The third-order valence-corrected chi connectivity index (χ3v) is 5.03. The zero-order valence-electron chi connectivity index (χ0n) is 15.0. The summed E-state index contributed by atoms with van der Waals surface area (Å²) in [6, 6.07) is 7.20. The number of carbonyl (C=O) groups excluding carboxylic acids is 1. The molecule has 3 aromatic heterocycles. The monoisotopic (exact) mass is 436 g/mol. The highest BCUT2D eigenvalue weighted by Crippen LogP contribution is 2.31. The molecule has 1 N–H and O–H groups in total. The van der Waals surface area contributed by atoms with Crippen LogP contribution >= 0.6 is 11.3 Å². The highest BCUT2D eigenvalue weighted by molar-refractivity contribution is 7.15. The van der Waals surface area contributed by atoms with E-state index in [-0.39, 0.29) is 5.82 Å². The number of nitrogens with one attached hydrogen (secondary N) is 1. The lowest BCUT2D eigenvalue weighted by atomic mass is 10.1. The van der Waals surface area contributed by atoms with E-state index in [1.807, 2.05) is 0 Å². The average molecular weight is 436 g/mol. The number of rotatable bonds is 4. The molecule has 0 spiro atoms. The predicted molar refractivity (Wildman–Crippen MR) is 103 cm³/mol. The van der Waals surface area contributed by atoms with E-state index in [1.165, 1.54) is 35.6 Å². The number of hydrogen-bond acceptors (Lipinski definition) is 4. The van der Waals surface area contributed by atoms with E-state index < -0.39 is 35.6 Å². The van der Waals surface area contributed by atoms with Gasteiger partial charge in [0.2, 0.25) is 5.91 Å². The molecule has 0 saturated carbocycles. The van der Waals surface area contributed by atoms with Gasteiger partial charge >= 0.3 is 6.18 Å². The number of thiazole rings is 1. The van der Waals surface area contributed by atoms with Crippen LogP contribution in [0, 0.1) is 5.82 Å². The summed E-state index contributed by atoms with van der Waals surface area (Å²) in [7, 11) is 0. The normalized spacial score (nSPS) is 11.7. The molecule has 0 aliphatic heterocycles. The smallest absolute Gasteiger partial charge is 0.308 e. The second kappa shape index (κ2) is 7.41. The molecule has 1 amide bonds. The van der Waals surface area contributed by atoms with E-state index >= 15 is 0 Å². The van der Waals surface area contributed by atoms with Crippen LogP contribution in [0.1, 0.15) is 5.56 Å². The van der Waals surface area contributed by atoms with Crippen molar-refractivity contribution in [3.8, 4) is 11.3 Å². The Labute approximate surface area is 170 Å². The van der Waals surface area contributed by atoms with Crippen molar-refractivity contribution in [1.29, 1.82) is 0 Å². The molecule has 0 unspecified atom stereocenters. The molecule has 4 rings (SSSR count). The van der Waals surface area contributed by atoms with Gasteiger partial charge in [0.1, 0.15) is 29.4 Å². The Morgan fingerprint density at radius 3 is 2.57 bits per heavy atom. The van der Waals surface area contributed by atoms with Crippen LogP contribution in [0.15, 0.2) is 59.0 Å². The van der Waals surface area contributed by atoms with Gasteiger partial charge in [-0.25, -0.2) is 9.37 Å². The summed E-state index contributed by atoms with van der Waals surface area (Å²) in [6.45, 7) is -0.622. The van der Waals surface area contributed by atoms with Gasteiger partial charge in [-0.3, -0.25) is 14.0 Å². The topological polar surface area (TPSA) is 68.4 Å². The first-order chi connectivity index (χ1) is 14.2. The summed E-state index contributed by atoms with van der Waals surface area (Å²) in [5.74, 6) is -0.884. The fourth-order valence-electron chi connectivity index (χ4n) is 2.92. The van der Waals surface area contributed by atoms with Gasteiger partial charge in [-0.1, -0.05) is 0 Å². The number of imidazole rings is 1. The summed E-state index contributed by atoms with van der Waals surface area (Å²) in [5.41, 5.74) is -1.76. The van der Waals surface area contributed by atoms with Crippen LogP contribution in [0.4, 0.5) is 23.4 Å². The molecule has 0 aliphatic rings. The number of carbonyl (C=O) groups is 1. The van der Waals surface area contributed by atoms with Gasteiger partial charge in [-0.2, -0.15) is 13.2 Å². The Morgan fingerprint density at radius 2 is 1.87 bits per heavy atom. The van der Waals surface area contributed by atoms with Gasteiger partial charge in [0.15, 0.2) is 4.96 Å². The maximum atomic E-state index is 13.2. The zero-order valence-corrected chi connectivity index (χ0v) is 15.8. The van der Waals surface area contributed by atoms with E-state index in [0.717, 1.165) is 12.3 Å². The molecule has 1 aromatic carbocycles. The Kier molecular flexibility index (Phi) is 4.90. The Balaban J connectivity index is 1.66. The van der Waals surface area contributed by atoms with Crippen molar-refractivity contribution in [2.24, 2.45) is 0 Å². The minimum absolute atomic E-state index is 0.267. The molecule has 154 valence electrons. The predicted octanol–water partition coefficient (Wildman–Crippen LogP) is 4.02. The first-order valence-electron chi connectivity index (χ1n) is 8.52. The number of halogens is 4. The van der Waals surface area contributed by atoms with Crippen LogP contribution in [0.2, 0.25) is 0 Å². The van der Waals surface area contributed by atoms with Crippen LogP contribution < -0.4 is 10.9 Å². The summed E-state index contributed by atoms with van der Waals surface area (Å²) in [4.78, 5) is 29.6. The number of amides is 1. The molecule has 0 radical (unpaired) electrons. The largest absolute Gasteiger partial charge is 0.421 e. The number of hydrogen-bond donors (Lipinski definition) is 1. The molecule has 0 fully saturated rings. The second-order valence-corrected chi connectivity index (χ2v) is 7.15. The van der Waals surface area contributed by atoms with E-state index in [9.17, 15) is 27.2 Å². The van der Waals surface area contributed by atoms with Gasteiger partial charge in [0, 0.05) is 23.3 Å². The molecular weight excluding hydrogens is 424 g/mol. The van der Waals surface area contributed by atoms with Crippen molar-refractivity contribution in [2.75, 3.05) is 5.32 Å². The number of fused-ring (bicyclic) bond motifs is 1. The van der Waals surface area contributed by atoms with Crippen LogP contribution in [0.25, 0.3) is 16.2 Å². The van der Waals surface area contributed by atoms with E-state index in [4.69, 9.17) is 0 Å². The van der Waals surface area contributed by atoms with Gasteiger partial charge < -0.3 is 9.88 Å². The maximum Gasteiger partial charge on any atom is 0.421 e. The Bertz CT molecular complexity index is 1290. The van der Waals surface area contributed by atoms with Gasteiger partial charge in [0.25, 0.3) is 5.56 Å². The first-order valence-corrected chi connectivity index (χ1v) is 9.40. The third kappa shape index (κ3) is 3.71. The van der Waals surface area contributed by atoms with Crippen LogP contribution in [0.5, 0.6) is 0 Å². The highest BCUT2D eigenvalue weighted by Gasteiger charge is 2.34. The third-order valence-electron chi connectivity index (χ3n) is 4.28. The number of benzene rings is 1. The van der Waals surface area contributed by atoms with Crippen molar-refractivity contribution in [2.45, 2.75) is 12.7 Å². The fourth-order valence-corrected chi connectivity index (χ4v) is 3.63. The number of alkyl halides is 3. The highest BCUT2D eigenvalue weighted by atomic mass is 32.1. The molecule has 0 saturated heterocycles. The average Bonchev–Trinajstić information content (AvgIpc) is 3.26. The van der Waals surface area contributed by atoms with Crippen molar-refractivity contribution < 1.29 is 22.4 Å². The van der Waals surface area contributed by atoms with Crippen LogP contribution in [-0.4, -0.2) is 19.9 Å². The summed E-state index contributed by atoms with van der Waals surface area (Å²) >= 11 is 1.30. The maximum absolute atomic E-state index is 13.2. The van der Waals surface area contributed by atoms with E-state index in [1.54, 1.807) is 16.0 Å². The second-order valence-electron chi connectivity index (χ2n) is 6.27. The Hall–Kier alpha value is -3.47. The van der Waals surface area contributed by atoms with E-state index in [0.29, 0.717) is 26.9 Å². The Morgan fingerprint density at radius 1 is 1.13 bits per heavy atom. The summed E-state index contributed by atoms with van der Waals surface area (Å²) in [5, 5.41) is 4.34. The number of pyridine rings is 1. The van der Waals surface area contributed by atoms with E-state index in [2.05, 4.69) is 10.3 Å². The molecule has 6 nitrogen and oxygen atoms in total. The lowest BCUT2D eigenvalue weighted by Gasteiger charge is -2.11. The quantitative estimate of drug-likeness (QED) is 0.492. The van der Waals surface area contributed by atoms with Gasteiger partial charge in [-0.15, -0.1) is 11.3 Å². The van der Waals surface area contributed by atoms with Crippen molar-refractivity contribution in [3.05, 3.63) is 75.9 Å². The molecule has 11 heteroatoms. The molecule has 3 heterocycles. The van der Waals surface area contributed by atoms with Gasteiger partial charge in [0.05, 0.1) is 0 Å². The molecule has 0 aliphatic carbocycles. The lowest BCUT2D eigenvalue weighted by molar-refractivity contribution is -0.139. The summed E-state index contributed by atoms with van der Waals surface area (Å²) in [6.07, 6.45) is -2.05. The van der Waals surface area contributed by atoms with Gasteiger partial charge in [-0.05, 0) is 36.4 Å². The van der Waals surface area contributed by atoms with Crippen molar-refractivity contribution in [3.63, 3.8) is 0 Å². The fraction of sp³-hybridized carbons (Fsp3) is 0.105. The number of aromatic nitrogens is 3. The minimum Gasteiger partial charge on any atom is -0.308 e. The number of anilines is 1. The van der Waals surface area contributed by atoms with Crippen molar-refractivity contribution in [1.82, 2.24) is 14.0 Å². The molecular formula is C19H12F4N4O2S.